The Hall–Kier alpha value is -1.41. The number of benzene rings is 1. The van der Waals surface area contributed by atoms with Gasteiger partial charge in [0.15, 0.2) is 0 Å². The summed E-state index contributed by atoms with van der Waals surface area (Å²) in [5.41, 5.74) is 6.26. The van der Waals surface area contributed by atoms with Crippen molar-refractivity contribution in [3.63, 3.8) is 0 Å². The summed E-state index contributed by atoms with van der Waals surface area (Å²) in [7, 11) is -3.63. The van der Waals surface area contributed by atoms with Crippen molar-refractivity contribution < 1.29 is 8.42 Å². The quantitative estimate of drug-likeness (QED) is 0.831. The van der Waals surface area contributed by atoms with Crippen LogP contribution in [0.4, 0.5) is 0 Å². The van der Waals surface area contributed by atoms with Crippen LogP contribution >= 0.6 is 11.6 Å². The molecule has 20 heavy (non-hydrogen) atoms. The standard InChI is InChI=1S/C12H15ClN4O2S/c13-11-7-10(8-14)1-2-12(11)20(18,19)16-4-6-17-5-3-15-9-17/h1-3,5,7,9,16H,4,6,8,14H2. The summed E-state index contributed by atoms with van der Waals surface area (Å²) >= 11 is 5.98. The van der Waals surface area contributed by atoms with E-state index in [0.29, 0.717) is 13.1 Å². The smallest absolute Gasteiger partial charge is 0.242 e. The van der Waals surface area contributed by atoms with Crippen LogP contribution in [0.15, 0.2) is 41.8 Å². The Morgan fingerprint density at radius 2 is 2.20 bits per heavy atom. The number of nitrogens with two attached hydrogens (primary N) is 1. The molecular weight excluding hydrogens is 300 g/mol. The van der Waals surface area contributed by atoms with Gasteiger partial charge in [-0.1, -0.05) is 17.7 Å². The number of rotatable bonds is 6. The number of hydrogen-bond acceptors (Lipinski definition) is 4. The Labute approximate surface area is 122 Å². The van der Waals surface area contributed by atoms with Crippen molar-refractivity contribution in [1.82, 2.24) is 14.3 Å². The van der Waals surface area contributed by atoms with Crippen molar-refractivity contribution in [3.8, 4) is 0 Å². The lowest BCUT2D eigenvalue weighted by molar-refractivity contribution is 0.573. The molecule has 1 heterocycles. The van der Waals surface area contributed by atoms with Crippen molar-refractivity contribution in [2.45, 2.75) is 18.0 Å². The maximum Gasteiger partial charge on any atom is 0.242 e. The molecule has 6 nitrogen and oxygen atoms in total. The van der Waals surface area contributed by atoms with E-state index >= 15 is 0 Å². The van der Waals surface area contributed by atoms with Gasteiger partial charge in [-0.3, -0.25) is 0 Å². The van der Waals surface area contributed by atoms with Gasteiger partial charge < -0.3 is 10.3 Å². The molecular formula is C12H15ClN4O2S. The molecule has 0 bridgehead atoms. The minimum Gasteiger partial charge on any atom is -0.336 e. The van der Waals surface area contributed by atoms with E-state index < -0.39 is 10.0 Å². The lowest BCUT2D eigenvalue weighted by atomic mass is 10.2. The fourth-order valence-corrected chi connectivity index (χ4v) is 3.28. The van der Waals surface area contributed by atoms with Crippen LogP contribution in [0.3, 0.4) is 0 Å². The second kappa shape index (κ2) is 6.36. The van der Waals surface area contributed by atoms with Crippen LogP contribution in [0, 0.1) is 0 Å². The summed E-state index contributed by atoms with van der Waals surface area (Å²) in [6, 6.07) is 4.67. The van der Waals surface area contributed by atoms with E-state index in [1.165, 1.54) is 6.07 Å². The molecule has 0 aliphatic rings. The summed E-state index contributed by atoms with van der Waals surface area (Å²) in [5, 5.41) is 0.170. The molecule has 3 N–H and O–H groups in total. The summed E-state index contributed by atoms with van der Waals surface area (Å²) in [6.45, 7) is 1.07. The molecule has 1 aromatic heterocycles. The zero-order valence-corrected chi connectivity index (χ0v) is 12.2. The van der Waals surface area contributed by atoms with Gasteiger partial charge in [0.25, 0.3) is 0 Å². The number of imidazole rings is 1. The van der Waals surface area contributed by atoms with E-state index in [9.17, 15) is 8.42 Å². The predicted octanol–water partition coefficient (Wildman–Crippen LogP) is 0.974. The molecule has 0 saturated heterocycles. The van der Waals surface area contributed by atoms with Gasteiger partial charge in [0.2, 0.25) is 10.0 Å². The van der Waals surface area contributed by atoms with Gasteiger partial charge in [0, 0.05) is 32.0 Å². The van der Waals surface area contributed by atoms with Crippen LogP contribution in [0.25, 0.3) is 0 Å². The minimum absolute atomic E-state index is 0.0574. The number of hydrogen-bond donors (Lipinski definition) is 2. The molecule has 0 radical (unpaired) electrons. The van der Waals surface area contributed by atoms with Crippen molar-refractivity contribution >= 4 is 21.6 Å². The van der Waals surface area contributed by atoms with Crippen LogP contribution in [0.2, 0.25) is 5.02 Å². The first kappa shape index (κ1) is 15.0. The second-order valence-electron chi connectivity index (χ2n) is 4.17. The molecule has 0 saturated carbocycles. The van der Waals surface area contributed by atoms with Crippen molar-refractivity contribution in [2.75, 3.05) is 6.54 Å². The molecule has 0 unspecified atom stereocenters. The zero-order valence-electron chi connectivity index (χ0n) is 10.7. The molecule has 108 valence electrons. The molecule has 2 rings (SSSR count). The third kappa shape index (κ3) is 3.57. The zero-order chi connectivity index (χ0) is 14.6. The van der Waals surface area contributed by atoms with E-state index in [1.807, 2.05) is 0 Å². The monoisotopic (exact) mass is 314 g/mol. The van der Waals surface area contributed by atoms with E-state index in [2.05, 4.69) is 9.71 Å². The summed E-state index contributed by atoms with van der Waals surface area (Å²) in [4.78, 5) is 3.94. The molecule has 0 aliphatic heterocycles. The number of nitrogens with zero attached hydrogens (tertiary/aromatic N) is 2. The normalized spacial score (nSPS) is 11.7. The molecule has 0 spiro atoms. The van der Waals surface area contributed by atoms with Crippen LogP contribution in [0.5, 0.6) is 0 Å². The second-order valence-corrected chi connectivity index (χ2v) is 6.31. The maximum atomic E-state index is 12.1. The van der Waals surface area contributed by atoms with Gasteiger partial charge in [-0.05, 0) is 17.7 Å². The number of sulfonamides is 1. The fourth-order valence-electron chi connectivity index (χ4n) is 1.70. The van der Waals surface area contributed by atoms with E-state index in [-0.39, 0.29) is 16.5 Å². The Kier molecular flexibility index (Phi) is 4.77. The van der Waals surface area contributed by atoms with Crippen LogP contribution < -0.4 is 10.5 Å². The lowest BCUT2D eigenvalue weighted by Gasteiger charge is -2.09. The van der Waals surface area contributed by atoms with Gasteiger partial charge in [-0.25, -0.2) is 18.1 Å². The molecule has 8 heteroatoms. The SMILES string of the molecule is NCc1ccc(S(=O)(=O)NCCn2ccnc2)c(Cl)c1. The average Bonchev–Trinajstić information content (AvgIpc) is 2.91. The first-order valence-corrected chi connectivity index (χ1v) is 7.83. The first-order valence-electron chi connectivity index (χ1n) is 5.97. The molecule has 0 amide bonds. The van der Waals surface area contributed by atoms with Crippen molar-refractivity contribution in [2.24, 2.45) is 5.73 Å². The number of aromatic nitrogens is 2. The van der Waals surface area contributed by atoms with Gasteiger partial charge in [0.05, 0.1) is 11.3 Å². The molecule has 0 aliphatic carbocycles. The summed E-state index contributed by atoms with van der Waals surface area (Å²) in [6.07, 6.45) is 5.02. The third-order valence-corrected chi connectivity index (χ3v) is 4.69. The van der Waals surface area contributed by atoms with Crippen molar-refractivity contribution in [3.05, 3.63) is 47.5 Å². The van der Waals surface area contributed by atoms with Crippen LogP contribution in [-0.2, 0) is 23.1 Å². The van der Waals surface area contributed by atoms with Crippen LogP contribution in [-0.4, -0.2) is 24.5 Å². The van der Waals surface area contributed by atoms with Crippen LogP contribution in [0.1, 0.15) is 5.56 Å². The topological polar surface area (TPSA) is 90.0 Å². The van der Waals surface area contributed by atoms with Gasteiger partial charge in [-0.2, -0.15) is 0 Å². The number of nitrogens with one attached hydrogen (secondary N) is 1. The molecule has 1 aromatic carbocycles. The maximum absolute atomic E-state index is 12.1. The Morgan fingerprint density at radius 1 is 1.40 bits per heavy atom. The van der Waals surface area contributed by atoms with E-state index in [0.717, 1.165) is 5.56 Å². The predicted molar refractivity (Wildman–Crippen MR) is 76.8 cm³/mol. The lowest BCUT2D eigenvalue weighted by Crippen LogP contribution is -2.27. The Balaban J connectivity index is 2.06. The largest absolute Gasteiger partial charge is 0.336 e. The highest BCUT2D eigenvalue weighted by atomic mass is 35.5. The fraction of sp³-hybridized carbons (Fsp3) is 0.250. The first-order chi connectivity index (χ1) is 9.53. The van der Waals surface area contributed by atoms with E-state index in [4.69, 9.17) is 17.3 Å². The highest BCUT2D eigenvalue weighted by Crippen LogP contribution is 2.22. The third-order valence-electron chi connectivity index (χ3n) is 2.74. The minimum atomic E-state index is -3.63. The molecule has 0 fully saturated rings. The summed E-state index contributed by atoms with van der Waals surface area (Å²) < 4.78 is 28.5. The Bertz CT molecular complexity index is 671. The summed E-state index contributed by atoms with van der Waals surface area (Å²) in [5.74, 6) is 0. The molecule has 0 atom stereocenters. The number of halogens is 1. The molecule has 2 aromatic rings. The average molecular weight is 315 g/mol. The van der Waals surface area contributed by atoms with Crippen molar-refractivity contribution in [1.29, 1.82) is 0 Å². The van der Waals surface area contributed by atoms with Gasteiger partial charge in [-0.15, -0.1) is 0 Å². The van der Waals surface area contributed by atoms with E-state index in [1.54, 1.807) is 35.4 Å². The Morgan fingerprint density at radius 3 is 2.80 bits per heavy atom. The highest BCUT2D eigenvalue weighted by molar-refractivity contribution is 7.89. The van der Waals surface area contributed by atoms with Gasteiger partial charge >= 0.3 is 0 Å². The van der Waals surface area contributed by atoms with Gasteiger partial charge in [0.1, 0.15) is 4.90 Å². The highest BCUT2D eigenvalue weighted by Gasteiger charge is 2.17.